The number of unbranched alkanes of at least 4 members (excludes halogenated alkanes) is 2. The molecule has 0 rings (SSSR count). The lowest BCUT2D eigenvalue weighted by Crippen LogP contribution is -2.16. The van der Waals surface area contributed by atoms with Gasteiger partial charge in [0.15, 0.2) is 5.56 Å². The fourth-order valence-corrected chi connectivity index (χ4v) is 1.07. The van der Waals surface area contributed by atoms with E-state index in [0.29, 0.717) is 0 Å². The molecule has 15 heavy (non-hydrogen) atoms. The van der Waals surface area contributed by atoms with Crippen LogP contribution in [0.25, 0.3) is 0 Å². The fourth-order valence-electron chi connectivity index (χ4n) is 0.794. The lowest BCUT2D eigenvalue weighted by Gasteiger charge is -2.07. The highest BCUT2D eigenvalue weighted by Gasteiger charge is 2.05. The Morgan fingerprint density at radius 3 is 2.13 bits per heavy atom. The largest absolute Gasteiger partial charge is 0.550 e. The molecule has 4 nitrogen and oxygen atoms in total. The summed E-state index contributed by atoms with van der Waals surface area (Å²) in [5.74, 6) is -1.39. The molecule has 0 saturated heterocycles. The third-order valence-corrected chi connectivity index (χ3v) is 1.64. The van der Waals surface area contributed by atoms with Crippen LogP contribution in [0.2, 0.25) is 0 Å². The Hall–Kier alpha value is -0.770. The topological polar surface area (TPSA) is 66.4 Å². The molecule has 0 aromatic heterocycles. The number of aliphatic carboxylic acids is 1. The van der Waals surface area contributed by atoms with E-state index >= 15 is 0 Å². The molecule has 0 amide bonds. The van der Waals surface area contributed by atoms with E-state index in [1.807, 2.05) is 0 Å². The third-order valence-electron chi connectivity index (χ3n) is 1.33. The number of carbonyl (C=O) groups excluding carboxylic acids is 2. The SMILES string of the molecule is CC(=O)[O-].CCCCCC(Cl)OC(C)=O. The van der Waals surface area contributed by atoms with Crippen LogP contribution in [0.15, 0.2) is 0 Å². The molecule has 0 aromatic rings. The second-order valence-corrected chi connectivity index (χ2v) is 3.49. The van der Waals surface area contributed by atoms with Crippen LogP contribution in [0.5, 0.6) is 0 Å². The van der Waals surface area contributed by atoms with Gasteiger partial charge in [0.2, 0.25) is 0 Å². The third kappa shape index (κ3) is 24.6. The second-order valence-electron chi connectivity index (χ2n) is 3.01. The van der Waals surface area contributed by atoms with Gasteiger partial charge in [0, 0.05) is 12.9 Å². The van der Waals surface area contributed by atoms with E-state index in [9.17, 15) is 4.79 Å². The molecule has 5 heteroatoms. The molecular weight excluding hydrogens is 220 g/mol. The Morgan fingerprint density at radius 1 is 1.33 bits per heavy atom. The molecule has 0 aliphatic carbocycles. The van der Waals surface area contributed by atoms with Gasteiger partial charge in [-0.15, -0.1) is 0 Å². The molecular formula is C10H18ClO4-. The zero-order valence-corrected chi connectivity index (χ0v) is 10.2. The minimum absolute atomic E-state index is 0.304. The maximum absolute atomic E-state index is 10.4. The molecule has 90 valence electrons. The number of rotatable bonds is 5. The van der Waals surface area contributed by atoms with Crippen molar-refractivity contribution in [2.45, 2.75) is 52.0 Å². The van der Waals surface area contributed by atoms with Crippen LogP contribution >= 0.6 is 11.6 Å². The van der Waals surface area contributed by atoms with Crippen molar-refractivity contribution >= 4 is 23.5 Å². The highest BCUT2D eigenvalue weighted by atomic mass is 35.5. The van der Waals surface area contributed by atoms with Gasteiger partial charge >= 0.3 is 5.97 Å². The molecule has 0 fully saturated rings. The van der Waals surface area contributed by atoms with E-state index in [1.165, 1.54) is 6.92 Å². The molecule has 0 N–H and O–H groups in total. The first-order valence-corrected chi connectivity index (χ1v) is 5.32. The molecule has 0 aliphatic rings. The van der Waals surface area contributed by atoms with Crippen molar-refractivity contribution in [1.82, 2.24) is 0 Å². The summed E-state index contributed by atoms with van der Waals surface area (Å²) in [6.45, 7) is 4.46. The van der Waals surface area contributed by atoms with Crippen molar-refractivity contribution < 1.29 is 19.4 Å². The molecule has 0 bridgehead atoms. The van der Waals surface area contributed by atoms with Gasteiger partial charge in [0.05, 0.1) is 0 Å². The number of hydrogen-bond donors (Lipinski definition) is 0. The van der Waals surface area contributed by atoms with Gasteiger partial charge < -0.3 is 14.6 Å². The van der Waals surface area contributed by atoms with Gasteiger partial charge in [-0.1, -0.05) is 31.4 Å². The van der Waals surface area contributed by atoms with Crippen molar-refractivity contribution in [2.75, 3.05) is 0 Å². The smallest absolute Gasteiger partial charge is 0.304 e. The number of carboxylic acid groups (broad SMARTS) is 1. The van der Waals surface area contributed by atoms with Crippen LogP contribution in [0, 0.1) is 0 Å². The lowest BCUT2D eigenvalue weighted by molar-refractivity contribution is -0.302. The molecule has 0 saturated carbocycles. The highest BCUT2D eigenvalue weighted by molar-refractivity contribution is 6.20. The van der Waals surface area contributed by atoms with E-state index < -0.39 is 11.5 Å². The zero-order chi connectivity index (χ0) is 12.3. The number of esters is 1. The second kappa shape index (κ2) is 11.3. The Balaban J connectivity index is 0. The van der Waals surface area contributed by atoms with Crippen LogP contribution in [0.3, 0.4) is 0 Å². The van der Waals surface area contributed by atoms with Crippen molar-refractivity contribution in [3.63, 3.8) is 0 Å². The summed E-state index contributed by atoms with van der Waals surface area (Å²) < 4.78 is 4.72. The van der Waals surface area contributed by atoms with Crippen LogP contribution in [-0.4, -0.2) is 17.5 Å². The monoisotopic (exact) mass is 237 g/mol. The van der Waals surface area contributed by atoms with Gasteiger partial charge in [-0.05, 0) is 19.8 Å². The molecule has 1 unspecified atom stereocenters. The number of carboxylic acids is 1. The number of carbonyl (C=O) groups is 2. The standard InChI is InChI=1S/C8H15ClO2.C2H4O2/c1-3-4-5-6-8(9)11-7(2)10;1-2(3)4/h8H,3-6H2,1-2H3;1H3,(H,3,4)/p-1. The Kier molecular flexibility index (Phi) is 12.6. The molecule has 0 spiro atoms. The number of ether oxygens (including phenoxy) is 1. The highest BCUT2D eigenvalue weighted by Crippen LogP contribution is 2.10. The van der Waals surface area contributed by atoms with Gasteiger partial charge in [0.25, 0.3) is 0 Å². The van der Waals surface area contributed by atoms with Crippen LogP contribution < -0.4 is 5.11 Å². The van der Waals surface area contributed by atoms with E-state index in [2.05, 4.69) is 6.92 Å². The average Bonchev–Trinajstić information content (AvgIpc) is 2.02. The summed E-state index contributed by atoms with van der Waals surface area (Å²) in [5.41, 5.74) is -0.431. The molecule has 0 radical (unpaired) electrons. The van der Waals surface area contributed by atoms with Crippen LogP contribution in [0.1, 0.15) is 46.5 Å². The molecule has 0 aromatic carbocycles. The van der Waals surface area contributed by atoms with Crippen LogP contribution in [-0.2, 0) is 14.3 Å². The van der Waals surface area contributed by atoms with Crippen molar-refractivity contribution in [3.05, 3.63) is 0 Å². The van der Waals surface area contributed by atoms with Gasteiger partial charge in [0.1, 0.15) is 0 Å². The number of halogens is 1. The minimum Gasteiger partial charge on any atom is -0.550 e. The molecule has 0 heterocycles. The van der Waals surface area contributed by atoms with Crippen molar-refractivity contribution in [3.8, 4) is 0 Å². The summed E-state index contributed by atoms with van der Waals surface area (Å²) in [5, 5.41) is 8.89. The first kappa shape index (κ1) is 16.7. The van der Waals surface area contributed by atoms with Gasteiger partial charge in [-0.2, -0.15) is 0 Å². The molecule has 0 aliphatic heterocycles. The van der Waals surface area contributed by atoms with Crippen LogP contribution in [0.4, 0.5) is 0 Å². The Labute approximate surface area is 95.6 Å². The predicted molar refractivity (Wildman–Crippen MR) is 56.2 cm³/mol. The molecule has 1 atom stereocenters. The maximum atomic E-state index is 10.4. The summed E-state index contributed by atoms with van der Waals surface area (Å²) in [6.07, 6.45) is 4.08. The quantitative estimate of drug-likeness (QED) is 0.412. The average molecular weight is 238 g/mol. The first-order chi connectivity index (χ1) is 6.90. The van der Waals surface area contributed by atoms with E-state index in [1.54, 1.807) is 0 Å². The van der Waals surface area contributed by atoms with E-state index in [-0.39, 0.29) is 5.97 Å². The fraction of sp³-hybridized carbons (Fsp3) is 0.800. The number of hydrogen-bond acceptors (Lipinski definition) is 4. The maximum Gasteiger partial charge on any atom is 0.304 e. The van der Waals surface area contributed by atoms with Gasteiger partial charge in [-0.3, -0.25) is 4.79 Å². The van der Waals surface area contributed by atoms with E-state index in [4.69, 9.17) is 26.2 Å². The van der Waals surface area contributed by atoms with Gasteiger partial charge in [-0.25, -0.2) is 0 Å². The summed E-state index contributed by atoms with van der Waals surface area (Å²) in [4.78, 5) is 19.3. The van der Waals surface area contributed by atoms with Crippen molar-refractivity contribution in [1.29, 1.82) is 0 Å². The summed E-state index contributed by atoms with van der Waals surface area (Å²) in [6, 6.07) is 0. The van der Waals surface area contributed by atoms with E-state index in [0.717, 1.165) is 32.6 Å². The summed E-state index contributed by atoms with van der Waals surface area (Å²) in [7, 11) is 0. The minimum atomic E-state index is -1.08. The normalized spacial score (nSPS) is 10.9. The predicted octanol–water partition coefficient (Wildman–Crippen LogP) is 1.45. The number of alkyl halides is 1. The summed E-state index contributed by atoms with van der Waals surface area (Å²) >= 11 is 5.67. The Bertz CT molecular complexity index is 178. The zero-order valence-electron chi connectivity index (χ0n) is 9.42. The first-order valence-electron chi connectivity index (χ1n) is 4.89. The lowest BCUT2D eigenvalue weighted by atomic mass is 10.2. The van der Waals surface area contributed by atoms with Crippen molar-refractivity contribution in [2.24, 2.45) is 0 Å². The Morgan fingerprint density at radius 2 is 1.80 bits per heavy atom.